The summed E-state index contributed by atoms with van der Waals surface area (Å²) in [6.07, 6.45) is 3.09. The van der Waals surface area contributed by atoms with Gasteiger partial charge in [-0.3, -0.25) is 4.68 Å². The zero-order valence-corrected chi connectivity index (χ0v) is 10.1. The maximum atomic E-state index is 13.1. The molecule has 20 heavy (non-hydrogen) atoms. The molecule has 0 aliphatic heterocycles. The van der Waals surface area contributed by atoms with Crippen LogP contribution in [0.25, 0.3) is 11.4 Å². The predicted octanol–water partition coefficient (Wildman–Crippen LogP) is 1.84. The SMILES string of the molecule is Nc1cnn(Cc2nc(-c3cc(F)cc(F)c3)no2)c1. The second kappa shape index (κ2) is 4.72. The van der Waals surface area contributed by atoms with Crippen molar-refractivity contribution in [2.45, 2.75) is 6.54 Å². The Kier molecular flexibility index (Phi) is 2.90. The Balaban J connectivity index is 1.86. The quantitative estimate of drug-likeness (QED) is 0.789. The molecule has 3 rings (SSSR count). The first-order valence-electron chi connectivity index (χ1n) is 5.67. The third kappa shape index (κ3) is 2.48. The highest BCUT2D eigenvalue weighted by Crippen LogP contribution is 2.19. The van der Waals surface area contributed by atoms with Crippen LogP contribution in [0.5, 0.6) is 0 Å². The number of benzene rings is 1. The molecule has 2 heterocycles. The molecule has 0 aliphatic carbocycles. The Morgan fingerprint density at radius 3 is 2.60 bits per heavy atom. The van der Waals surface area contributed by atoms with Crippen molar-refractivity contribution in [1.29, 1.82) is 0 Å². The molecule has 0 fully saturated rings. The van der Waals surface area contributed by atoms with E-state index in [0.29, 0.717) is 5.69 Å². The molecule has 0 bridgehead atoms. The van der Waals surface area contributed by atoms with Crippen molar-refractivity contribution in [2.24, 2.45) is 0 Å². The minimum Gasteiger partial charge on any atom is -0.396 e. The number of hydrogen-bond donors (Lipinski definition) is 1. The van der Waals surface area contributed by atoms with Crippen molar-refractivity contribution in [2.75, 3.05) is 5.73 Å². The second-order valence-electron chi connectivity index (χ2n) is 4.14. The Bertz CT molecular complexity index is 732. The molecule has 2 N–H and O–H groups in total. The fourth-order valence-corrected chi connectivity index (χ4v) is 1.72. The normalized spacial score (nSPS) is 10.9. The second-order valence-corrected chi connectivity index (χ2v) is 4.14. The maximum Gasteiger partial charge on any atom is 0.248 e. The first-order valence-corrected chi connectivity index (χ1v) is 5.67. The van der Waals surface area contributed by atoms with E-state index in [9.17, 15) is 8.78 Å². The smallest absolute Gasteiger partial charge is 0.248 e. The van der Waals surface area contributed by atoms with Crippen molar-refractivity contribution in [3.05, 3.63) is 48.1 Å². The molecule has 0 saturated carbocycles. The topological polar surface area (TPSA) is 82.8 Å². The molecule has 0 unspecified atom stereocenters. The highest BCUT2D eigenvalue weighted by molar-refractivity contribution is 5.54. The lowest BCUT2D eigenvalue weighted by atomic mass is 10.2. The molecule has 1 aromatic carbocycles. The van der Waals surface area contributed by atoms with Crippen LogP contribution in [0.3, 0.4) is 0 Å². The summed E-state index contributed by atoms with van der Waals surface area (Å²) in [6, 6.07) is 3.03. The summed E-state index contributed by atoms with van der Waals surface area (Å²) in [7, 11) is 0. The molecule has 0 saturated heterocycles. The van der Waals surface area contributed by atoms with E-state index in [0.717, 1.165) is 18.2 Å². The van der Waals surface area contributed by atoms with E-state index < -0.39 is 11.6 Å². The molecule has 8 heteroatoms. The van der Waals surface area contributed by atoms with Crippen LogP contribution >= 0.6 is 0 Å². The number of rotatable bonds is 3. The minimum absolute atomic E-state index is 0.110. The molecule has 0 amide bonds. The van der Waals surface area contributed by atoms with E-state index in [1.807, 2.05) is 0 Å². The van der Waals surface area contributed by atoms with E-state index in [1.165, 1.54) is 10.9 Å². The van der Waals surface area contributed by atoms with Crippen molar-refractivity contribution in [3.63, 3.8) is 0 Å². The van der Waals surface area contributed by atoms with Gasteiger partial charge in [0.15, 0.2) is 0 Å². The number of anilines is 1. The molecular formula is C12H9F2N5O. The van der Waals surface area contributed by atoms with Crippen molar-refractivity contribution >= 4 is 5.69 Å². The summed E-state index contributed by atoms with van der Waals surface area (Å²) >= 11 is 0. The van der Waals surface area contributed by atoms with Crippen molar-refractivity contribution in [3.8, 4) is 11.4 Å². The molecule has 0 atom stereocenters. The molecular weight excluding hydrogens is 268 g/mol. The van der Waals surface area contributed by atoms with Crippen LogP contribution in [0.1, 0.15) is 5.89 Å². The lowest BCUT2D eigenvalue weighted by molar-refractivity contribution is 0.366. The fourth-order valence-electron chi connectivity index (χ4n) is 1.72. The average molecular weight is 277 g/mol. The number of halogens is 2. The van der Waals surface area contributed by atoms with Gasteiger partial charge >= 0.3 is 0 Å². The van der Waals surface area contributed by atoms with E-state index in [4.69, 9.17) is 10.3 Å². The minimum atomic E-state index is -0.703. The van der Waals surface area contributed by atoms with Gasteiger partial charge in [0.2, 0.25) is 11.7 Å². The maximum absolute atomic E-state index is 13.1. The zero-order chi connectivity index (χ0) is 14.1. The standard InChI is InChI=1S/C12H9F2N5O/c13-8-1-7(2-9(14)3-8)12-17-11(20-18-12)6-19-5-10(15)4-16-19/h1-5H,6,15H2. The number of nitrogen functional groups attached to an aromatic ring is 1. The van der Waals surface area contributed by atoms with Crippen LogP contribution in [0.2, 0.25) is 0 Å². The number of nitrogens with zero attached hydrogens (tertiary/aromatic N) is 4. The van der Waals surface area contributed by atoms with Gasteiger partial charge in [0.25, 0.3) is 0 Å². The first-order chi connectivity index (χ1) is 9.60. The Morgan fingerprint density at radius 1 is 1.20 bits per heavy atom. The van der Waals surface area contributed by atoms with Crippen LogP contribution in [0, 0.1) is 11.6 Å². The average Bonchev–Trinajstić information content (AvgIpc) is 2.98. The highest BCUT2D eigenvalue weighted by atomic mass is 19.1. The van der Waals surface area contributed by atoms with Crippen LogP contribution in [-0.2, 0) is 6.54 Å². The lowest BCUT2D eigenvalue weighted by Gasteiger charge is -1.95. The Hall–Kier alpha value is -2.77. The lowest BCUT2D eigenvalue weighted by Crippen LogP contribution is -2.00. The third-order valence-electron chi connectivity index (χ3n) is 2.54. The fraction of sp³-hybridized carbons (Fsp3) is 0.0833. The van der Waals surface area contributed by atoms with Gasteiger partial charge in [-0.05, 0) is 12.1 Å². The Labute approximate surface area is 111 Å². The van der Waals surface area contributed by atoms with Crippen LogP contribution in [-0.4, -0.2) is 19.9 Å². The summed E-state index contributed by atoms with van der Waals surface area (Å²) < 4.78 is 32.7. The van der Waals surface area contributed by atoms with Gasteiger partial charge in [-0.1, -0.05) is 5.16 Å². The molecule has 0 radical (unpaired) electrons. The molecule has 102 valence electrons. The zero-order valence-electron chi connectivity index (χ0n) is 10.1. The molecule has 3 aromatic rings. The number of aromatic nitrogens is 4. The van der Waals surface area contributed by atoms with Crippen LogP contribution in [0.15, 0.2) is 35.1 Å². The third-order valence-corrected chi connectivity index (χ3v) is 2.54. The largest absolute Gasteiger partial charge is 0.396 e. The summed E-state index contributed by atoms with van der Waals surface area (Å²) in [6.45, 7) is 0.224. The van der Waals surface area contributed by atoms with E-state index in [1.54, 1.807) is 6.20 Å². The van der Waals surface area contributed by atoms with Gasteiger partial charge in [-0.15, -0.1) is 0 Å². The molecule has 0 spiro atoms. The van der Waals surface area contributed by atoms with Gasteiger partial charge < -0.3 is 10.3 Å². The van der Waals surface area contributed by atoms with Gasteiger partial charge in [0.05, 0.1) is 11.9 Å². The van der Waals surface area contributed by atoms with Gasteiger partial charge in [-0.2, -0.15) is 10.1 Å². The van der Waals surface area contributed by atoms with E-state index >= 15 is 0 Å². The van der Waals surface area contributed by atoms with Gasteiger partial charge in [-0.25, -0.2) is 8.78 Å². The summed E-state index contributed by atoms with van der Waals surface area (Å²) in [5, 5.41) is 7.64. The van der Waals surface area contributed by atoms with Crippen LogP contribution in [0.4, 0.5) is 14.5 Å². The highest BCUT2D eigenvalue weighted by Gasteiger charge is 2.11. The van der Waals surface area contributed by atoms with Gasteiger partial charge in [0.1, 0.15) is 18.2 Å². The monoisotopic (exact) mass is 277 g/mol. The molecule has 0 aliphatic rings. The predicted molar refractivity (Wildman–Crippen MR) is 65.4 cm³/mol. The summed E-state index contributed by atoms with van der Waals surface area (Å²) in [5.74, 6) is -1.04. The molecule has 6 nitrogen and oxygen atoms in total. The van der Waals surface area contributed by atoms with Gasteiger partial charge in [0, 0.05) is 17.8 Å². The first kappa shape index (κ1) is 12.3. The number of hydrogen-bond acceptors (Lipinski definition) is 5. The Morgan fingerprint density at radius 2 is 1.95 bits per heavy atom. The van der Waals surface area contributed by atoms with Crippen molar-refractivity contribution in [1.82, 2.24) is 19.9 Å². The van der Waals surface area contributed by atoms with Crippen LogP contribution < -0.4 is 5.73 Å². The summed E-state index contributed by atoms with van der Waals surface area (Å²) in [5.41, 5.74) is 6.25. The van der Waals surface area contributed by atoms with Crippen molar-refractivity contribution < 1.29 is 13.3 Å². The molecule has 2 aromatic heterocycles. The van der Waals surface area contributed by atoms with E-state index in [-0.39, 0.29) is 23.8 Å². The number of nitrogens with two attached hydrogens (primary N) is 1. The van der Waals surface area contributed by atoms with E-state index in [2.05, 4.69) is 15.2 Å². The summed E-state index contributed by atoms with van der Waals surface area (Å²) in [4.78, 5) is 4.05.